The van der Waals surface area contributed by atoms with Crippen LogP contribution in [0.2, 0.25) is 0 Å². The Morgan fingerprint density at radius 3 is 2.82 bits per heavy atom. The summed E-state index contributed by atoms with van der Waals surface area (Å²) < 4.78 is 35.5. The van der Waals surface area contributed by atoms with Crippen LogP contribution in [0.3, 0.4) is 0 Å². The molecule has 0 atom stereocenters. The molecule has 1 aliphatic heterocycles. The molecule has 1 amide bonds. The molecule has 1 N–H and O–H groups in total. The molecule has 33 heavy (non-hydrogen) atoms. The van der Waals surface area contributed by atoms with E-state index in [0.717, 1.165) is 86.2 Å². The molecule has 2 aromatic heterocycles. The van der Waals surface area contributed by atoms with Crippen LogP contribution in [0.1, 0.15) is 60.2 Å². The molecule has 182 valence electrons. The maximum Gasteiger partial charge on any atom is 0.278 e. The molecule has 2 aliphatic rings. The van der Waals surface area contributed by atoms with Crippen molar-refractivity contribution >= 4 is 28.8 Å². The highest BCUT2D eigenvalue weighted by atomic mass is 32.1. The molecular weight excluding hydrogens is 466 g/mol. The Morgan fingerprint density at radius 1 is 1.33 bits per heavy atom. The standard InChI is InChI=1S/C23H32F2N4O2S2/c1-15-11-18(33-28-15)12-21(30)26-17-5-3-16(4-6-17)7-9-29-10-8-20-19(13-29)27-22(32-20)31-14-23(2,24)25/h11,16-17H,3-10,12-14H2,1-2H3,(H,26,30). The first-order valence-corrected chi connectivity index (χ1v) is 13.3. The molecule has 6 nitrogen and oxygen atoms in total. The second-order valence-corrected chi connectivity index (χ2v) is 11.4. The van der Waals surface area contributed by atoms with Gasteiger partial charge in [0, 0.05) is 35.8 Å². The van der Waals surface area contributed by atoms with Gasteiger partial charge in [0.2, 0.25) is 5.91 Å². The van der Waals surface area contributed by atoms with Gasteiger partial charge in [0.25, 0.3) is 11.1 Å². The lowest BCUT2D eigenvalue weighted by Crippen LogP contribution is -2.39. The van der Waals surface area contributed by atoms with Crippen LogP contribution in [0.4, 0.5) is 8.78 Å². The molecule has 0 aromatic carbocycles. The molecule has 1 aliphatic carbocycles. The molecule has 0 unspecified atom stereocenters. The fourth-order valence-electron chi connectivity index (χ4n) is 4.57. The quantitative estimate of drug-likeness (QED) is 0.547. The SMILES string of the molecule is Cc1cc(CC(=O)NC2CCC(CCN3CCc4sc(OCC(C)(F)F)nc4C3)CC2)sn1. The fourth-order valence-corrected chi connectivity index (χ4v) is 6.21. The predicted molar refractivity (Wildman–Crippen MR) is 126 cm³/mol. The second-order valence-electron chi connectivity index (χ2n) is 9.42. The Labute approximate surface area is 201 Å². The third-order valence-electron chi connectivity index (χ3n) is 6.31. The molecule has 1 fully saturated rings. The van der Waals surface area contributed by atoms with Crippen LogP contribution < -0.4 is 10.1 Å². The van der Waals surface area contributed by atoms with Crippen LogP contribution in [0.15, 0.2) is 6.07 Å². The maximum atomic E-state index is 13.0. The average molecular weight is 499 g/mol. The number of halogens is 2. The number of rotatable bonds is 9. The minimum atomic E-state index is -2.85. The number of ether oxygens (including phenoxy) is 1. The van der Waals surface area contributed by atoms with Gasteiger partial charge >= 0.3 is 0 Å². The van der Waals surface area contributed by atoms with Crippen LogP contribution in [0.5, 0.6) is 5.19 Å². The van der Waals surface area contributed by atoms with Gasteiger partial charge in [-0.25, -0.2) is 13.8 Å². The number of carbonyl (C=O) groups excluding carboxylic acids is 1. The van der Waals surface area contributed by atoms with Crippen LogP contribution in [0.25, 0.3) is 0 Å². The largest absolute Gasteiger partial charge is 0.464 e. The van der Waals surface area contributed by atoms with Gasteiger partial charge in [-0.3, -0.25) is 9.69 Å². The van der Waals surface area contributed by atoms with Crippen molar-refractivity contribution in [1.29, 1.82) is 0 Å². The summed E-state index contributed by atoms with van der Waals surface area (Å²) in [6.45, 7) is 4.93. The number of carbonyl (C=O) groups is 1. The van der Waals surface area contributed by atoms with E-state index in [2.05, 4.69) is 19.6 Å². The molecule has 4 rings (SSSR count). The van der Waals surface area contributed by atoms with Crippen molar-refractivity contribution in [2.24, 2.45) is 5.92 Å². The Balaban J connectivity index is 1.15. The monoisotopic (exact) mass is 498 g/mol. The van der Waals surface area contributed by atoms with E-state index in [4.69, 9.17) is 4.74 Å². The summed E-state index contributed by atoms with van der Waals surface area (Å²) in [7, 11) is 0. The highest BCUT2D eigenvalue weighted by Gasteiger charge is 2.27. The normalized spacial score (nSPS) is 21.6. The number of amides is 1. The molecule has 2 aromatic rings. The Bertz CT molecular complexity index is 935. The predicted octanol–water partition coefficient (Wildman–Crippen LogP) is 4.61. The van der Waals surface area contributed by atoms with Gasteiger partial charge in [-0.2, -0.15) is 4.37 Å². The first kappa shape index (κ1) is 24.5. The zero-order chi connectivity index (χ0) is 23.4. The van der Waals surface area contributed by atoms with Crippen LogP contribution >= 0.6 is 22.9 Å². The number of aromatic nitrogens is 2. The van der Waals surface area contributed by atoms with Gasteiger partial charge in [0.05, 0.1) is 17.8 Å². The van der Waals surface area contributed by atoms with Crippen molar-refractivity contribution in [3.8, 4) is 5.19 Å². The van der Waals surface area contributed by atoms with Gasteiger partial charge in [-0.05, 0) is 75.5 Å². The summed E-state index contributed by atoms with van der Waals surface area (Å²) in [4.78, 5) is 21.3. The van der Waals surface area contributed by atoms with Gasteiger partial charge in [-0.15, -0.1) is 0 Å². The highest BCUT2D eigenvalue weighted by molar-refractivity contribution is 7.13. The van der Waals surface area contributed by atoms with Crippen molar-refractivity contribution in [3.05, 3.63) is 27.2 Å². The van der Waals surface area contributed by atoms with Crippen molar-refractivity contribution in [1.82, 2.24) is 19.6 Å². The van der Waals surface area contributed by atoms with Crippen LogP contribution in [-0.4, -0.2) is 51.8 Å². The maximum absolute atomic E-state index is 13.0. The second kappa shape index (κ2) is 10.7. The summed E-state index contributed by atoms with van der Waals surface area (Å²) in [6.07, 6.45) is 6.83. The van der Waals surface area contributed by atoms with E-state index >= 15 is 0 Å². The van der Waals surface area contributed by atoms with Crippen molar-refractivity contribution in [2.75, 3.05) is 19.7 Å². The van der Waals surface area contributed by atoms with E-state index < -0.39 is 12.5 Å². The van der Waals surface area contributed by atoms with Crippen LogP contribution in [0, 0.1) is 12.8 Å². The van der Waals surface area contributed by atoms with Crippen molar-refractivity contribution in [3.63, 3.8) is 0 Å². The molecular formula is C23H32F2N4O2S2. The zero-order valence-corrected chi connectivity index (χ0v) is 20.9. The number of nitrogens with zero attached hydrogens (tertiary/aromatic N) is 3. The molecule has 10 heteroatoms. The number of hydrogen-bond donors (Lipinski definition) is 1. The van der Waals surface area contributed by atoms with Crippen molar-refractivity contribution < 1.29 is 18.3 Å². The molecule has 3 heterocycles. The van der Waals surface area contributed by atoms with Gasteiger partial charge in [0.15, 0.2) is 6.61 Å². The van der Waals surface area contributed by atoms with E-state index in [0.29, 0.717) is 17.5 Å². The van der Waals surface area contributed by atoms with E-state index in [-0.39, 0.29) is 11.9 Å². The first-order valence-electron chi connectivity index (χ1n) is 11.7. The van der Waals surface area contributed by atoms with Gasteiger partial charge in [-0.1, -0.05) is 11.3 Å². The Kier molecular flexibility index (Phi) is 7.96. The number of alkyl halides is 2. The number of nitrogens with one attached hydrogen (secondary N) is 1. The number of hydrogen-bond acceptors (Lipinski definition) is 7. The third kappa shape index (κ3) is 7.42. The lowest BCUT2D eigenvalue weighted by atomic mass is 9.84. The Morgan fingerprint density at radius 2 is 2.12 bits per heavy atom. The summed E-state index contributed by atoms with van der Waals surface area (Å²) >= 11 is 2.80. The van der Waals surface area contributed by atoms with Gasteiger partial charge < -0.3 is 10.1 Å². The number of thiazole rings is 1. The number of aryl methyl sites for hydroxylation is 1. The van der Waals surface area contributed by atoms with E-state index in [9.17, 15) is 13.6 Å². The van der Waals surface area contributed by atoms with Crippen LogP contribution in [-0.2, 0) is 24.2 Å². The molecule has 0 spiro atoms. The lowest BCUT2D eigenvalue weighted by molar-refractivity contribution is -0.121. The van der Waals surface area contributed by atoms with Crippen molar-refractivity contribution in [2.45, 2.75) is 77.3 Å². The van der Waals surface area contributed by atoms with Gasteiger partial charge in [0.1, 0.15) is 0 Å². The summed E-state index contributed by atoms with van der Waals surface area (Å²) in [5.74, 6) is -2.06. The third-order valence-corrected chi connectivity index (χ3v) is 8.26. The highest BCUT2D eigenvalue weighted by Crippen LogP contribution is 2.32. The first-order chi connectivity index (χ1) is 15.7. The average Bonchev–Trinajstić information content (AvgIpc) is 3.36. The summed E-state index contributed by atoms with van der Waals surface area (Å²) in [6, 6.07) is 2.26. The minimum Gasteiger partial charge on any atom is -0.464 e. The molecule has 0 radical (unpaired) electrons. The summed E-state index contributed by atoms with van der Waals surface area (Å²) in [5, 5.41) is 3.55. The Hall–Kier alpha value is -1.65. The molecule has 1 saturated carbocycles. The topological polar surface area (TPSA) is 67.4 Å². The smallest absolute Gasteiger partial charge is 0.278 e. The van der Waals surface area contributed by atoms with E-state index in [1.807, 2.05) is 13.0 Å². The van der Waals surface area contributed by atoms with E-state index in [1.54, 1.807) is 0 Å². The molecule has 0 saturated heterocycles. The number of fused-ring (bicyclic) bond motifs is 1. The minimum absolute atomic E-state index is 0.0977. The zero-order valence-electron chi connectivity index (χ0n) is 19.2. The lowest BCUT2D eigenvalue weighted by Gasteiger charge is -2.32. The summed E-state index contributed by atoms with van der Waals surface area (Å²) in [5.41, 5.74) is 1.95. The van der Waals surface area contributed by atoms with E-state index in [1.165, 1.54) is 22.9 Å². The fraction of sp³-hybridized carbons (Fsp3) is 0.696. The molecule has 0 bridgehead atoms.